The summed E-state index contributed by atoms with van der Waals surface area (Å²) in [4.78, 5) is 29.8. The molecule has 1 fully saturated rings. The molecule has 1 aliphatic heterocycles. The van der Waals surface area contributed by atoms with Gasteiger partial charge in [0.05, 0.1) is 29.6 Å². The maximum absolute atomic E-state index is 12.9. The van der Waals surface area contributed by atoms with E-state index in [0.29, 0.717) is 49.5 Å². The van der Waals surface area contributed by atoms with Gasteiger partial charge in [0.15, 0.2) is 5.82 Å². The maximum atomic E-state index is 12.9. The molecule has 0 spiro atoms. The Kier molecular flexibility index (Phi) is 5.45. The highest BCUT2D eigenvalue weighted by atomic mass is 16.5. The summed E-state index contributed by atoms with van der Waals surface area (Å²) in [6.07, 6.45) is 0.316. The first-order chi connectivity index (χ1) is 16.0. The van der Waals surface area contributed by atoms with Crippen LogP contribution >= 0.6 is 0 Å². The van der Waals surface area contributed by atoms with Crippen LogP contribution in [-0.2, 0) is 24.3 Å². The predicted octanol–water partition coefficient (Wildman–Crippen LogP) is 1.56. The number of piperazine rings is 1. The van der Waals surface area contributed by atoms with E-state index in [1.54, 1.807) is 4.57 Å². The molecule has 5 rings (SSSR count). The summed E-state index contributed by atoms with van der Waals surface area (Å²) in [6, 6.07) is 7.57. The van der Waals surface area contributed by atoms with Gasteiger partial charge < -0.3 is 9.42 Å². The molecule has 0 atom stereocenters. The van der Waals surface area contributed by atoms with Crippen molar-refractivity contribution in [1.82, 2.24) is 34.1 Å². The maximum Gasteiger partial charge on any atom is 0.262 e. The molecule has 4 aromatic rings. The number of aryl methyl sites for hydroxylation is 3. The Balaban J connectivity index is 1.33. The average molecular weight is 450 g/mol. The summed E-state index contributed by atoms with van der Waals surface area (Å²) < 4.78 is 8.82. The number of nitrogens with zero attached hydrogens (tertiary/aromatic N) is 7. The van der Waals surface area contributed by atoms with E-state index < -0.39 is 0 Å². The van der Waals surface area contributed by atoms with Crippen LogP contribution in [-0.4, -0.2) is 66.2 Å². The molecule has 4 heterocycles. The summed E-state index contributed by atoms with van der Waals surface area (Å²) in [5.41, 5.74) is 2.42. The van der Waals surface area contributed by atoms with E-state index in [0.717, 1.165) is 35.7 Å². The van der Waals surface area contributed by atoms with Gasteiger partial charge in [0.1, 0.15) is 5.76 Å². The van der Waals surface area contributed by atoms with Crippen LogP contribution in [0.3, 0.4) is 0 Å². The molecule has 0 bridgehead atoms. The van der Waals surface area contributed by atoms with Gasteiger partial charge in [-0.3, -0.25) is 23.5 Å². The molecule has 1 aromatic carbocycles. The first-order valence-electron chi connectivity index (χ1n) is 11.2. The van der Waals surface area contributed by atoms with Gasteiger partial charge in [0, 0.05) is 38.3 Å². The highest BCUT2D eigenvalue weighted by Gasteiger charge is 2.25. The lowest BCUT2D eigenvalue weighted by atomic mass is 10.1. The molecule has 33 heavy (non-hydrogen) atoms. The molecule has 0 saturated carbocycles. The van der Waals surface area contributed by atoms with Gasteiger partial charge in [0.25, 0.3) is 5.56 Å². The Labute approximate surface area is 190 Å². The highest BCUT2D eigenvalue weighted by molar-refractivity contribution is 5.80. The van der Waals surface area contributed by atoms with Crippen molar-refractivity contribution in [2.45, 2.75) is 40.3 Å². The van der Waals surface area contributed by atoms with E-state index >= 15 is 0 Å². The van der Waals surface area contributed by atoms with E-state index in [2.05, 4.69) is 20.3 Å². The monoisotopic (exact) mass is 449 g/mol. The number of para-hydroxylation sites is 1. The minimum absolute atomic E-state index is 0.0510. The fraction of sp³-hybridized carbons (Fsp3) is 0.435. The summed E-state index contributed by atoms with van der Waals surface area (Å²) >= 11 is 0. The van der Waals surface area contributed by atoms with E-state index in [1.807, 2.05) is 54.3 Å². The minimum atomic E-state index is -0.0510. The Morgan fingerprint density at radius 1 is 1.09 bits per heavy atom. The van der Waals surface area contributed by atoms with Crippen molar-refractivity contribution >= 4 is 22.6 Å². The van der Waals surface area contributed by atoms with Gasteiger partial charge in [-0.2, -0.15) is 0 Å². The van der Waals surface area contributed by atoms with Gasteiger partial charge in [-0.15, -0.1) is 10.2 Å². The van der Waals surface area contributed by atoms with E-state index in [-0.39, 0.29) is 11.5 Å². The minimum Gasteiger partial charge on any atom is -0.361 e. The lowest BCUT2D eigenvalue weighted by molar-refractivity contribution is -0.132. The van der Waals surface area contributed by atoms with E-state index in [4.69, 9.17) is 4.52 Å². The predicted molar refractivity (Wildman–Crippen MR) is 122 cm³/mol. The van der Waals surface area contributed by atoms with Crippen molar-refractivity contribution in [2.24, 2.45) is 0 Å². The Morgan fingerprint density at radius 2 is 1.85 bits per heavy atom. The average Bonchev–Trinajstić information content (AvgIpc) is 3.38. The zero-order valence-electron chi connectivity index (χ0n) is 19.1. The fourth-order valence-electron chi connectivity index (χ4n) is 4.57. The topological polar surface area (TPSA) is 102 Å². The fourth-order valence-corrected chi connectivity index (χ4v) is 4.57. The largest absolute Gasteiger partial charge is 0.361 e. The second-order valence-electron chi connectivity index (χ2n) is 8.45. The summed E-state index contributed by atoms with van der Waals surface area (Å²) in [7, 11) is 0. The molecule has 10 heteroatoms. The van der Waals surface area contributed by atoms with Crippen molar-refractivity contribution in [2.75, 3.05) is 26.2 Å². The number of rotatable bonds is 5. The van der Waals surface area contributed by atoms with Crippen molar-refractivity contribution in [3.63, 3.8) is 0 Å². The number of fused-ring (bicyclic) bond motifs is 3. The van der Waals surface area contributed by atoms with Crippen molar-refractivity contribution in [3.8, 4) is 0 Å². The molecule has 10 nitrogen and oxygen atoms in total. The van der Waals surface area contributed by atoms with Crippen LogP contribution in [0.1, 0.15) is 29.8 Å². The third-order valence-corrected chi connectivity index (χ3v) is 6.49. The smallest absolute Gasteiger partial charge is 0.262 e. The number of hydrogen-bond donors (Lipinski definition) is 0. The molecule has 0 aliphatic carbocycles. The third-order valence-electron chi connectivity index (χ3n) is 6.49. The second kappa shape index (κ2) is 8.43. The molecule has 0 radical (unpaired) electrons. The van der Waals surface area contributed by atoms with Crippen molar-refractivity contribution in [3.05, 3.63) is 57.5 Å². The van der Waals surface area contributed by atoms with Crippen LogP contribution in [0.4, 0.5) is 0 Å². The van der Waals surface area contributed by atoms with Crippen LogP contribution in [0.2, 0.25) is 0 Å². The molecular formula is C23H27N7O3. The second-order valence-corrected chi connectivity index (χ2v) is 8.45. The summed E-state index contributed by atoms with van der Waals surface area (Å²) in [5.74, 6) is 2.15. The van der Waals surface area contributed by atoms with Gasteiger partial charge in [0.2, 0.25) is 11.7 Å². The molecule has 0 unspecified atom stereocenters. The number of amides is 1. The third kappa shape index (κ3) is 3.70. The first-order valence-corrected chi connectivity index (χ1v) is 11.2. The standard InChI is InChI=1S/C23H27N7O3/c1-4-29-22(32)17-7-5-6-8-19(17)30-20(24-25-23(29)30)14-27-9-11-28(12-10-27)21(31)13-18-15(2)26-33-16(18)3/h5-8H,4,9-14H2,1-3H3. The zero-order chi connectivity index (χ0) is 23.1. The van der Waals surface area contributed by atoms with Crippen molar-refractivity contribution in [1.29, 1.82) is 0 Å². The van der Waals surface area contributed by atoms with Crippen LogP contribution in [0.15, 0.2) is 33.6 Å². The highest BCUT2D eigenvalue weighted by Crippen LogP contribution is 2.18. The number of carbonyl (C=O) groups is 1. The normalized spacial score (nSPS) is 15.1. The van der Waals surface area contributed by atoms with Crippen LogP contribution < -0.4 is 5.56 Å². The van der Waals surface area contributed by atoms with E-state index in [9.17, 15) is 9.59 Å². The van der Waals surface area contributed by atoms with Crippen LogP contribution in [0, 0.1) is 13.8 Å². The summed E-state index contributed by atoms with van der Waals surface area (Å²) in [5, 5.41) is 13.4. The zero-order valence-corrected chi connectivity index (χ0v) is 19.1. The first kappa shape index (κ1) is 21.3. The summed E-state index contributed by atoms with van der Waals surface area (Å²) in [6.45, 7) is 9.55. The molecule has 1 aliphatic rings. The molecule has 3 aromatic heterocycles. The Hall–Kier alpha value is -3.53. The van der Waals surface area contributed by atoms with Gasteiger partial charge in [-0.25, -0.2) is 0 Å². The Morgan fingerprint density at radius 3 is 2.55 bits per heavy atom. The lowest BCUT2D eigenvalue weighted by Crippen LogP contribution is -2.49. The van der Waals surface area contributed by atoms with Crippen molar-refractivity contribution < 1.29 is 9.32 Å². The quantitative estimate of drug-likeness (QED) is 0.456. The lowest BCUT2D eigenvalue weighted by Gasteiger charge is -2.34. The molecule has 172 valence electrons. The van der Waals surface area contributed by atoms with Crippen LogP contribution in [0.25, 0.3) is 16.7 Å². The van der Waals surface area contributed by atoms with Gasteiger partial charge in [-0.1, -0.05) is 17.3 Å². The van der Waals surface area contributed by atoms with Gasteiger partial charge >= 0.3 is 0 Å². The molecular weight excluding hydrogens is 422 g/mol. The number of carbonyl (C=O) groups excluding carboxylic acids is 1. The molecule has 1 saturated heterocycles. The molecule has 0 N–H and O–H groups in total. The van der Waals surface area contributed by atoms with Gasteiger partial charge in [-0.05, 0) is 32.9 Å². The molecule has 1 amide bonds. The number of aromatic nitrogens is 5. The SMILES string of the molecule is CCn1c(=O)c2ccccc2n2c(CN3CCN(C(=O)Cc4c(C)noc4C)CC3)nnc12. The Bertz CT molecular complexity index is 1370. The number of benzene rings is 1. The number of hydrogen-bond acceptors (Lipinski definition) is 7. The van der Waals surface area contributed by atoms with E-state index in [1.165, 1.54) is 0 Å². The van der Waals surface area contributed by atoms with Crippen LogP contribution in [0.5, 0.6) is 0 Å².